The number of hydrogen-bond acceptors (Lipinski definition) is 10. The lowest BCUT2D eigenvalue weighted by atomic mass is 10.00. The second kappa shape index (κ2) is 17.5. The number of carbonyl (C=O) groups is 6. The van der Waals surface area contributed by atoms with E-state index in [1.165, 1.54) is 24.2 Å². The molecular formula is C37H45N9O7. The first-order valence-electron chi connectivity index (χ1n) is 17.5. The summed E-state index contributed by atoms with van der Waals surface area (Å²) in [5.41, 5.74) is 1.54. The Labute approximate surface area is 306 Å². The summed E-state index contributed by atoms with van der Waals surface area (Å²) in [7, 11) is 0. The average molecular weight is 728 g/mol. The third-order valence-corrected chi connectivity index (χ3v) is 8.98. The van der Waals surface area contributed by atoms with Crippen molar-refractivity contribution in [2.24, 2.45) is 5.92 Å². The number of para-hydroxylation sites is 1. The second-order valence-electron chi connectivity index (χ2n) is 13.6. The van der Waals surface area contributed by atoms with Crippen molar-refractivity contribution in [2.75, 3.05) is 18.5 Å². The Morgan fingerprint density at radius 1 is 0.868 bits per heavy atom. The molecule has 16 heteroatoms. The van der Waals surface area contributed by atoms with Crippen LogP contribution in [0, 0.1) is 5.92 Å². The van der Waals surface area contributed by atoms with Crippen LogP contribution in [0.25, 0.3) is 0 Å². The number of amides is 6. The number of fused-ring (bicyclic) bond motifs is 1. The summed E-state index contributed by atoms with van der Waals surface area (Å²) in [4.78, 5) is 90.9. The number of rotatable bonds is 8. The van der Waals surface area contributed by atoms with E-state index in [1.807, 2.05) is 44.2 Å². The van der Waals surface area contributed by atoms with E-state index in [1.54, 1.807) is 30.3 Å². The molecule has 7 N–H and O–H groups in total. The fraction of sp³-hybridized carbons (Fsp3) is 0.405. The Morgan fingerprint density at radius 3 is 2.17 bits per heavy atom. The van der Waals surface area contributed by atoms with Gasteiger partial charge in [-0.25, -0.2) is 9.97 Å². The lowest BCUT2D eigenvalue weighted by Crippen LogP contribution is -2.59. The molecule has 0 bridgehead atoms. The molecule has 6 atom stereocenters. The summed E-state index contributed by atoms with van der Waals surface area (Å²) >= 11 is 0. The third-order valence-electron chi connectivity index (χ3n) is 8.98. The van der Waals surface area contributed by atoms with Crippen LogP contribution in [-0.2, 0) is 24.0 Å². The topological polar surface area (TPSA) is 224 Å². The molecule has 2 aromatic carbocycles. The smallest absolute Gasteiger partial charge is 0.254 e. The number of aliphatic hydroxyl groups is 1. The van der Waals surface area contributed by atoms with Crippen LogP contribution in [0.5, 0.6) is 0 Å². The normalized spacial score (nSPS) is 24.4. The van der Waals surface area contributed by atoms with E-state index in [9.17, 15) is 33.9 Å². The van der Waals surface area contributed by atoms with Crippen molar-refractivity contribution in [3.05, 3.63) is 84.2 Å². The van der Waals surface area contributed by atoms with Crippen molar-refractivity contribution in [3.63, 3.8) is 0 Å². The van der Waals surface area contributed by atoms with Crippen LogP contribution in [-0.4, -0.2) is 98.8 Å². The summed E-state index contributed by atoms with van der Waals surface area (Å²) in [6.45, 7) is 4.26. The van der Waals surface area contributed by atoms with E-state index >= 15 is 0 Å². The lowest BCUT2D eigenvalue weighted by Gasteiger charge is -2.30. The number of aromatic nitrogens is 2. The molecule has 2 aliphatic rings. The van der Waals surface area contributed by atoms with Gasteiger partial charge in [-0.1, -0.05) is 62.4 Å². The number of hydrogen-bond donors (Lipinski definition) is 7. The molecule has 0 aliphatic carbocycles. The van der Waals surface area contributed by atoms with E-state index in [0.29, 0.717) is 5.56 Å². The molecule has 0 saturated carbocycles. The third kappa shape index (κ3) is 10.1. The molecule has 3 heterocycles. The minimum atomic E-state index is -1.47. The van der Waals surface area contributed by atoms with Crippen molar-refractivity contribution in [1.29, 1.82) is 0 Å². The predicted molar refractivity (Wildman–Crippen MR) is 193 cm³/mol. The molecule has 53 heavy (non-hydrogen) atoms. The number of benzene rings is 2. The predicted octanol–water partition coefficient (Wildman–Crippen LogP) is 0.693. The minimum absolute atomic E-state index is 0.0308. The van der Waals surface area contributed by atoms with Crippen LogP contribution in [0.2, 0.25) is 0 Å². The van der Waals surface area contributed by atoms with E-state index in [-0.39, 0.29) is 43.2 Å². The van der Waals surface area contributed by atoms with Gasteiger partial charge in [0.05, 0.1) is 24.6 Å². The van der Waals surface area contributed by atoms with E-state index in [0.717, 1.165) is 5.69 Å². The van der Waals surface area contributed by atoms with Gasteiger partial charge in [0.25, 0.3) is 5.91 Å². The maximum absolute atomic E-state index is 13.9. The Bertz CT molecular complexity index is 1780. The first-order chi connectivity index (χ1) is 25.4. The van der Waals surface area contributed by atoms with Gasteiger partial charge in [0, 0.05) is 30.7 Å². The lowest BCUT2D eigenvalue weighted by molar-refractivity contribution is -0.143. The maximum Gasteiger partial charge on any atom is 0.254 e. The molecule has 0 radical (unpaired) electrons. The second-order valence-corrected chi connectivity index (χ2v) is 13.6. The van der Waals surface area contributed by atoms with E-state index < -0.39 is 78.3 Å². The molecule has 2 fully saturated rings. The Kier molecular flexibility index (Phi) is 12.7. The molecule has 16 nitrogen and oxygen atoms in total. The zero-order valence-electron chi connectivity index (χ0n) is 29.7. The highest BCUT2D eigenvalue weighted by molar-refractivity contribution is 5.97. The zero-order valence-corrected chi connectivity index (χ0v) is 29.7. The van der Waals surface area contributed by atoms with Crippen LogP contribution in [0.4, 0.5) is 11.6 Å². The van der Waals surface area contributed by atoms with Gasteiger partial charge in [-0.2, -0.15) is 0 Å². The Morgan fingerprint density at radius 2 is 1.53 bits per heavy atom. The summed E-state index contributed by atoms with van der Waals surface area (Å²) in [5.74, 6) is -3.58. The highest BCUT2D eigenvalue weighted by Gasteiger charge is 2.43. The van der Waals surface area contributed by atoms with Gasteiger partial charge in [-0.15, -0.1) is 0 Å². The SMILES string of the molecule is CC(C)C[C@@H]1NC(=O)C[C@@H](c2ccccc2)NC(=O)[C@H](C)NC(=O)[C@@H]2C[C@H](NC(=O)c3cnc(Nc4ccccc4)nc3)CN2C(=O)[C@H](CO)NC1=O. The van der Waals surface area contributed by atoms with E-state index in [2.05, 4.69) is 41.9 Å². The van der Waals surface area contributed by atoms with Gasteiger partial charge >= 0.3 is 0 Å². The van der Waals surface area contributed by atoms with Crippen molar-refractivity contribution >= 4 is 47.1 Å². The molecule has 1 aromatic heterocycles. The number of carbonyl (C=O) groups excluding carboxylic acids is 6. The molecule has 3 aromatic rings. The molecular weight excluding hydrogens is 682 g/mol. The van der Waals surface area contributed by atoms with Crippen LogP contribution in [0.15, 0.2) is 73.1 Å². The summed E-state index contributed by atoms with van der Waals surface area (Å²) < 4.78 is 0. The maximum atomic E-state index is 13.9. The van der Waals surface area contributed by atoms with Crippen molar-refractivity contribution in [3.8, 4) is 0 Å². The van der Waals surface area contributed by atoms with Crippen LogP contribution in [0.1, 0.15) is 62.0 Å². The van der Waals surface area contributed by atoms with Crippen LogP contribution < -0.4 is 31.9 Å². The Hall–Kier alpha value is -5.90. The Balaban J connectivity index is 1.38. The standard InChI is InChI=1S/C37H45N9O7/c1-21(2)14-28-34(51)45-29(20-47)36(53)46-19-26(41-33(50)24-17-38-37(39-18-24)42-25-12-8-5-9-13-25)15-30(46)35(52)40-22(3)32(49)44-27(16-31(48)43-28)23-10-6-4-7-11-23/h4-13,17-18,21-22,26-30,47H,14-16,19-20H2,1-3H3,(H,40,52)(H,41,50)(H,43,48)(H,44,49)(H,45,51)(H,38,39,42)/t22-,26-,27-,28-,29-,30-/m0/s1. The molecule has 5 rings (SSSR count). The summed E-state index contributed by atoms with van der Waals surface area (Å²) in [6.07, 6.45) is 2.66. The molecule has 2 saturated heterocycles. The van der Waals surface area contributed by atoms with Gasteiger partial charge in [-0.3, -0.25) is 28.8 Å². The quantitative estimate of drug-likeness (QED) is 0.172. The number of nitrogens with zero attached hydrogens (tertiary/aromatic N) is 3. The van der Waals surface area contributed by atoms with Crippen molar-refractivity contribution < 1.29 is 33.9 Å². The molecule has 0 spiro atoms. The molecule has 280 valence electrons. The number of anilines is 2. The largest absolute Gasteiger partial charge is 0.394 e. The van der Waals surface area contributed by atoms with Crippen molar-refractivity contribution in [2.45, 2.75) is 76.3 Å². The molecule has 2 aliphatic heterocycles. The number of aliphatic hydroxyl groups excluding tert-OH is 1. The molecule has 6 amide bonds. The van der Waals surface area contributed by atoms with Gasteiger partial charge < -0.3 is 41.9 Å². The number of nitrogens with one attached hydrogen (secondary N) is 6. The molecule has 0 unspecified atom stereocenters. The summed E-state index contributed by atoms with van der Waals surface area (Å²) in [6, 6.07) is 11.7. The average Bonchev–Trinajstić information content (AvgIpc) is 3.57. The first kappa shape index (κ1) is 38.3. The summed E-state index contributed by atoms with van der Waals surface area (Å²) in [5, 5.41) is 26.9. The highest BCUT2D eigenvalue weighted by Crippen LogP contribution is 2.22. The fourth-order valence-corrected chi connectivity index (χ4v) is 6.27. The van der Waals surface area contributed by atoms with Gasteiger partial charge in [-0.05, 0) is 43.4 Å². The van der Waals surface area contributed by atoms with Gasteiger partial charge in [0.1, 0.15) is 24.2 Å². The van der Waals surface area contributed by atoms with E-state index in [4.69, 9.17) is 0 Å². The van der Waals surface area contributed by atoms with Crippen LogP contribution in [0.3, 0.4) is 0 Å². The first-order valence-corrected chi connectivity index (χ1v) is 17.5. The fourth-order valence-electron chi connectivity index (χ4n) is 6.27. The minimum Gasteiger partial charge on any atom is -0.394 e. The van der Waals surface area contributed by atoms with Crippen LogP contribution >= 0.6 is 0 Å². The van der Waals surface area contributed by atoms with Crippen molar-refractivity contribution in [1.82, 2.24) is 41.5 Å². The monoisotopic (exact) mass is 727 g/mol. The van der Waals surface area contributed by atoms with Gasteiger partial charge in [0.2, 0.25) is 35.5 Å². The zero-order chi connectivity index (χ0) is 38.1. The van der Waals surface area contributed by atoms with Gasteiger partial charge in [0.15, 0.2) is 0 Å². The highest BCUT2D eigenvalue weighted by atomic mass is 16.3.